The van der Waals surface area contributed by atoms with E-state index in [2.05, 4.69) is 0 Å². The third-order valence-corrected chi connectivity index (χ3v) is 4.26. The van der Waals surface area contributed by atoms with E-state index in [1.165, 1.54) is 6.07 Å². The molecule has 0 saturated heterocycles. The van der Waals surface area contributed by atoms with Gasteiger partial charge in [-0.05, 0) is 12.1 Å². The third kappa shape index (κ3) is 3.12. The summed E-state index contributed by atoms with van der Waals surface area (Å²) < 4.78 is 39.5. The second kappa shape index (κ2) is 6.25. The van der Waals surface area contributed by atoms with Gasteiger partial charge >= 0.3 is 0 Å². The van der Waals surface area contributed by atoms with Crippen LogP contribution in [-0.2, 0) is 10.0 Å². The lowest BCUT2D eigenvalue weighted by Crippen LogP contribution is -2.56. The van der Waals surface area contributed by atoms with E-state index in [1.54, 1.807) is 0 Å². The molecule has 9 heteroatoms. The fraction of sp³-hybridized carbons (Fsp3) is 0.364. The molecular formula is C11H13FN2O5S. The number of nitrogens with zero attached hydrogens (tertiary/aromatic N) is 1. The minimum atomic E-state index is -4.41. The minimum Gasteiger partial charge on any atom is -0.394 e. The highest BCUT2D eigenvalue weighted by molar-refractivity contribution is 7.89. The number of aliphatic hydroxyl groups is 3. The quantitative estimate of drug-likeness (QED) is 0.516. The molecule has 0 spiro atoms. The van der Waals surface area contributed by atoms with Crippen LogP contribution in [0.15, 0.2) is 23.1 Å². The SMILES string of the molecule is N#Cc1c(F)cccc1S(=O)(=O)NC(CO)(CO)CO. The zero-order valence-corrected chi connectivity index (χ0v) is 11.1. The second-order valence-corrected chi connectivity index (χ2v) is 5.74. The molecule has 0 heterocycles. The average molecular weight is 304 g/mol. The van der Waals surface area contributed by atoms with Crippen LogP contribution in [0, 0.1) is 17.1 Å². The first-order chi connectivity index (χ1) is 9.35. The van der Waals surface area contributed by atoms with Crippen LogP contribution in [0.2, 0.25) is 0 Å². The van der Waals surface area contributed by atoms with Crippen LogP contribution in [-0.4, -0.2) is 49.1 Å². The van der Waals surface area contributed by atoms with Crippen LogP contribution >= 0.6 is 0 Å². The number of nitriles is 1. The zero-order chi connectivity index (χ0) is 15.4. The molecule has 0 aliphatic heterocycles. The lowest BCUT2D eigenvalue weighted by molar-refractivity contribution is 0.0582. The highest BCUT2D eigenvalue weighted by Gasteiger charge is 2.35. The highest BCUT2D eigenvalue weighted by atomic mass is 32.2. The maximum atomic E-state index is 13.4. The van der Waals surface area contributed by atoms with Crippen LogP contribution in [0.3, 0.4) is 0 Å². The molecule has 0 atom stereocenters. The maximum Gasteiger partial charge on any atom is 0.242 e. The summed E-state index contributed by atoms with van der Waals surface area (Å²) in [6.07, 6.45) is 0. The van der Waals surface area contributed by atoms with Gasteiger partial charge in [0.05, 0.1) is 19.8 Å². The predicted molar refractivity (Wildman–Crippen MR) is 65.4 cm³/mol. The van der Waals surface area contributed by atoms with Crippen LogP contribution in [0.1, 0.15) is 5.56 Å². The van der Waals surface area contributed by atoms with E-state index in [0.29, 0.717) is 0 Å². The van der Waals surface area contributed by atoms with Gasteiger partial charge in [-0.2, -0.15) is 9.98 Å². The fourth-order valence-corrected chi connectivity index (χ4v) is 2.97. The molecule has 110 valence electrons. The van der Waals surface area contributed by atoms with Crippen LogP contribution < -0.4 is 4.72 Å². The molecule has 0 fully saturated rings. The van der Waals surface area contributed by atoms with Crippen molar-refractivity contribution in [2.45, 2.75) is 10.4 Å². The van der Waals surface area contributed by atoms with Crippen LogP contribution in [0.5, 0.6) is 0 Å². The van der Waals surface area contributed by atoms with Crippen molar-refractivity contribution < 1.29 is 28.1 Å². The molecule has 0 radical (unpaired) electrons. The Balaban J connectivity index is 3.32. The first-order valence-electron chi connectivity index (χ1n) is 5.41. The Kier molecular flexibility index (Phi) is 5.15. The van der Waals surface area contributed by atoms with Gasteiger partial charge < -0.3 is 15.3 Å². The summed E-state index contributed by atoms with van der Waals surface area (Å²) in [5.74, 6) is -1.02. The van der Waals surface area contributed by atoms with Crippen molar-refractivity contribution in [3.05, 3.63) is 29.6 Å². The van der Waals surface area contributed by atoms with Gasteiger partial charge in [-0.15, -0.1) is 0 Å². The van der Waals surface area contributed by atoms with Crippen molar-refractivity contribution >= 4 is 10.0 Å². The molecule has 0 unspecified atom stereocenters. The summed E-state index contributed by atoms with van der Waals surface area (Å²) >= 11 is 0. The lowest BCUT2D eigenvalue weighted by Gasteiger charge is -2.28. The molecule has 4 N–H and O–H groups in total. The van der Waals surface area contributed by atoms with Crippen molar-refractivity contribution in [1.29, 1.82) is 5.26 Å². The first kappa shape index (κ1) is 16.5. The number of nitrogens with one attached hydrogen (secondary N) is 1. The molecule has 7 nitrogen and oxygen atoms in total. The van der Waals surface area contributed by atoms with E-state index in [-0.39, 0.29) is 0 Å². The Labute approximate surface area is 115 Å². The summed E-state index contributed by atoms with van der Waals surface area (Å²) in [7, 11) is -4.41. The Morgan fingerprint density at radius 1 is 1.25 bits per heavy atom. The van der Waals surface area contributed by atoms with Crippen LogP contribution in [0.4, 0.5) is 4.39 Å². The van der Waals surface area contributed by atoms with E-state index in [4.69, 9.17) is 20.6 Å². The molecule has 0 aromatic heterocycles. The molecule has 1 aromatic rings. The molecule has 20 heavy (non-hydrogen) atoms. The lowest BCUT2D eigenvalue weighted by atomic mass is 10.1. The Bertz CT molecular complexity index is 614. The van der Waals surface area contributed by atoms with Gasteiger partial charge in [0.2, 0.25) is 10.0 Å². The third-order valence-electron chi connectivity index (χ3n) is 2.64. The smallest absolute Gasteiger partial charge is 0.242 e. The van der Waals surface area contributed by atoms with Gasteiger partial charge in [-0.25, -0.2) is 12.8 Å². The minimum absolute atomic E-state index is 0.639. The van der Waals surface area contributed by atoms with Crippen molar-refractivity contribution in [1.82, 2.24) is 4.72 Å². The number of sulfonamides is 1. The number of rotatable bonds is 6. The van der Waals surface area contributed by atoms with Gasteiger partial charge in [-0.1, -0.05) is 6.07 Å². The predicted octanol–water partition coefficient (Wildman–Crippen LogP) is -1.31. The molecule has 0 amide bonds. The Morgan fingerprint density at radius 3 is 2.25 bits per heavy atom. The topological polar surface area (TPSA) is 131 Å². The fourth-order valence-electron chi connectivity index (χ4n) is 1.42. The van der Waals surface area contributed by atoms with E-state index < -0.39 is 51.7 Å². The zero-order valence-electron chi connectivity index (χ0n) is 10.2. The van der Waals surface area contributed by atoms with E-state index in [1.807, 2.05) is 4.72 Å². The molecule has 1 aromatic carbocycles. The van der Waals surface area contributed by atoms with Gasteiger partial charge in [0.1, 0.15) is 27.9 Å². The summed E-state index contributed by atoms with van der Waals surface area (Å²) in [6, 6.07) is 4.45. The maximum absolute atomic E-state index is 13.4. The average Bonchev–Trinajstić information content (AvgIpc) is 2.44. The number of aliphatic hydroxyl groups excluding tert-OH is 3. The second-order valence-electron chi connectivity index (χ2n) is 4.08. The summed E-state index contributed by atoms with van der Waals surface area (Å²) in [4.78, 5) is -0.639. The van der Waals surface area contributed by atoms with E-state index >= 15 is 0 Å². The van der Waals surface area contributed by atoms with Gasteiger partial charge in [0.25, 0.3) is 0 Å². The van der Waals surface area contributed by atoms with Crippen molar-refractivity contribution in [3.63, 3.8) is 0 Å². The molecule has 1 rings (SSSR count). The van der Waals surface area contributed by atoms with Gasteiger partial charge in [0, 0.05) is 0 Å². The monoisotopic (exact) mass is 304 g/mol. The van der Waals surface area contributed by atoms with E-state index in [9.17, 15) is 12.8 Å². The van der Waals surface area contributed by atoms with Crippen molar-refractivity contribution in [2.75, 3.05) is 19.8 Å². The van der Waals surface area contributed by atoms with Crippen molar-refractivity contribution in [3.8, 4) is 6.07 Å². The summed E-state index contributed by atoms with van der Waals surface area (Å²) in [5, 5.41) is 36.0. The number of hydrogen-bond donors (Lipinski definition) is 4. The molecular weight excluding hydrogens is 291 g/mol. The van der Waals surface area contributed by atoms with Crippen LogP contribution in [0.25, 0.3) is 0 Å². The van der Waals surface area contributed by atoms with E-state index in [0.717, 1.165) is 18.2 Å². The Morgan fingerprint density at radius 2 is 1.80 bits per heavy atom. The summed E-state index contributed by atoms with van der Waals surface area (Å²) in [6.45, 7) is -2.64. The summed E-state index contributed by atoms with van der Waals surface area (Å²) in [5.41, 5.74) is -2.60. The highest BCUT2D eigenvalue weighted by Crippen LogP contribution is 2.19. The standard InChI is InChI=1S/C11H13FN2O5S/c12-9-2-1-3-10(8(9)4-13)20(18,19)14-11(5-15,6-16)7-17/h1-3,14-17H,5-7H2. The molecule has 0 aliphatic carbocycles. The number of halogens is 1. The normalized spacial score (nSPS) is 12.2. The van der Waals surface area contributed by atoms with Gasteiger partial charge in [0.15, 0.2) is 0 Å². The Hall–Kier alpha value is -1.57. The largest absolute Gasteiger partial charge is 0.394 e. The molecule has 0 saturated carbocycles. The number of benzene rings is 1. The first-order valence-corrected chi connectivity index (χ1v) is 6.89. The molecule has 0 bridgehead atoms. The number of hydrogen-bond acceptors (Lipinski definition) is 6. The van der Waals surface area contributed by atoms with Crippen molar-refractivity contribution in [2.24, 2.45) is 0 Å². The molecule has 0 aliphatic rings. The van der Waals surface area contributed by atoms with Gasteiger partial charge in [-0.3, -0.25) is 0 Å².